The normalized spacial score (nSPS) is 16.4. The molecule has 1 aliphatic rings. The highest BCUT2D eigenvalue weighted by molar-refractivity contribution is 7.80. The molecule has 1 saturated heterocycles. The Kier molecular flexibility index (Phi) is 6.47. The molecule has 1 atom stereocenters. The summed E-state index contributed by atoms with van der Waals surface area (Å²) in [6.45, 7) is 4.22. The molecule has 1 unspecified atom stereocenters. The molecule has 0 radical (unpaired) electrons. The van der Waals surface area contributed by atoms with Crippen LogP contribution in [0.3, 0.4) is 0 Å². The summed E-state index contributed by atoms with van der Waals surface area (Å²) in [7, 11) is 0. The fraction of sp³-hybridized carbons (Fsp3) is 0.381. The third-order valence-electron chi connectivity index (χ3n) is 4.70. The van der Waals surface area contributed by atoms with Crippen molar-refractivity contribution >= 4 is 23.0 Å². The lowest BCUT2D eigenvalue weighted by Crippen LogP contribution is -2.39. The highest BCUT2D eigenvalue weighted by Gasteiger charge is 2.22. The topological polar surface area (TPSA) is 44.7 Å². The van der Waals surface area contributed by atoms with Gasteiger partial charge in [-0.1, -0.05) is 37.3 Å². The number of thiocarbonyl (C=S) groups is 1. The van der Waals surface area contributed by atoms with E-state index in [0.29, 0.717) is 24.0 Å². The lowest BCUT2D eigenvalue weighted by molar-refractivity contribution is 0.0904. The number of hydrogen-bond donors (Lipinski definition) is 2. The minimum absolute atomic E-state index is 0.183. The van der Waals surface area contributed by atoms with Crippen molar-refractivity contribution in [3.63, 3.8) is 0 Å². The number of aromatic hydroxyl groups is 1. The molecule has 0 aliphatic carbocycles. The van der Waals surface area contributed by atoms with Crippen molar-refractivity contribution < 1.29 is 9.84 Å². The number of benzene rings is 2. The zero-order valence-electron chi connectivity index (χ0n) is 15.1. The van der Waals surface area contributed by atoms with E-state index in [1.807, 2.05) is 18.2 Å². The van der Waals surface area contributed by atoms with Crippen molar-refractivity contribution in [3.8, 4) is 5.75 Å². The summed E-state index contributed by atoms with van der Waals surface area (Å²) in [4.78, 5) is 2.08. The molecule has 0 saturated carbocycles. The van der Waals surface area contributed by atoms with Gasteiger partial charge in [0, 0.05) is 30.9 Å². The van der Waals surface area contributed by atoms with Crippen LogP contribution in [0.1, 0.15) is 30.9 Å². The van der Waals surface area contributed by atoms with E-state index in [0.717, 1.165) is 37.1 Å². The van der Waals surface area contributed by atoms with Gasteiger partial charge in [0.25, 0.3) is 0 Å². The van der Waals surface area contributed by atoms with Gasteiger partial charge in [-0.05, 0) is 55.2 Å². The van der Waals surface area contributed by atoms with Crippen LogP contribution in [0.15, 0.2) is 48.5 Å². The lowest BCUT2D eigenvalue weighted by Gasteiger charge is -2.28. The molecule has 2 aromatic rings. The second kappa shape index (κ2) is 9.01. The Balaban J connectivity index is 1.72. The third-order valence-corrected chi connectivity index (χ3v) is 5.06. The van der Waals surface area contributed by atoms with Crippen molar-refractivity contribution in [2.24, 2.45) is 0 Å². The van der Waals surface area contributed by atoms with Crippen LogP contribution in [0.2, 0.25) is 0 Å². The van der Waals surface area contributed by atoms with E-state index < -0.39 is 0 Å². The predicted molar refractivity (Wildman–Crippen MR) is 110 cm³/mol. The molecule has 1 aliphatic heterocycles. The van der Waals surface area contributed by atoms with Crippen LogP contribution in [0.5, 0.6) is 5.75 Å². The Hall–Kier alpha value is -2.11. The van der Waals surface area contributed by atoms with Gasteiger partial charge in [-0.15, -0.1) is 0 Å². The summed E-state index contributed by atoms with van der Waals surface area (Å²) in [5.41, 5.74) is 3.13. The van der Waals surface area contributed by atoms with Gasteiger partial charge < -0.3 is 20.1 Å². The number of anilines is 1. The number of nitrogens with one attached hydrogen (secondary N) is 1. The number of phenols is 1. The molecular formula is C21H26N2O2S. The van der Waals surface area contributed by atoms with Gasteiger partial charge in [0.1, 0.15) is 5.75 Å². The number of nitrogens with zero attached hydrogens (tertiary/aromatic N) is 1. The molecule has 3 rings (SSSR count). The first-order valence-electron chi connectivity index (χ1n) is 9.19. The van der Waals surface area contributed by atoms with Gasteiger partial charge in [0.05, 0.1) is 6.10 Å². The zero-order valence-corrected chi connectivity index (χ0v) is 16.0. The molecule has 0 aromatic heterocycles. The highest BCUT2D eigenvalue weighted by atomic mass is 32.1. The molecule has 4 nitrogen and oxygen atoms in total. The van der Waals surface area contributed by atoms with Crippen molar-refractivity contribution in [3.05, 3.63) is 59.7 Å². The Morgan fingerprint density at radius 2 is 2.00 bits per heavy atom. The van der Waals surface area contributed by atoms with E-state index >= 15 is 0 Å². The average Bonchev–Trinajstić information content (AvgIpc) is 3.16. The smallest absolute Gasteiger partial charge is 0.173 e. The highest BCUT2D eigenvalue weighted by Crippen LogP contribution is 2.21. The van der Waals surface area contributed by atoms with Crippen LogP contribution in [-0.4, -0.2) is 34.4 Å². The van der Waals surface area contributed by atoms with Crippen molar-refractivity contribution in [1.82, 2.24) is 4.90 Å². The zero-order chi connectivity index (χ0) is 18.4. The maximum absolute atomic E-state index is 10.1. The molecule has 2 aromatic carbocycles. The first-order chi connectivity index (χ1) is 12.7. The summed E-state index contributed by atoms with van der Waals surface area (Å²) in [5.74, 6) is 0.292. The summed E-state index contributed by atoms with van der Waals surface area (Å²) >= 11 is 5.67. The standard InChI is InChI=1S/C21H26N2O2S/c1-2-16-9-11-18(12-10-16)22-21(26)23(15-19-7-5-13-25-19)14-17-6-3-4-8-20(17)24/h3-4,6,8-12,19,24H,2,5,7,13-15H2,1H3,(H,22,26). The van der Waals surface area contributed by atoms with Gasteiger partial charge in [0.2, 0.25) is 0 Å². The molecule has 5 heteroatoms. The second-order valence-electron chi connectivity index (χ2n) is 6.62. The lowest BCUT2D eigenvalue weighted by atomic mass is 10.1. The quantitative estimate of drug-likeness (QED) is 0.741. The Morgan fingerprint density at radius 3 is 2.65 bits per heavy atom. The van der Waals surface area contributed by atoms with E-state index in [2.05, 4.69) is 41.4 Å². The van der Waals surface area contributed by atoms with E-state index in [-0.39, 0.29) is 6.10 Å². The van der Waals surface area contributed by atoms with Crippen LogP contribution in [0.25, 0.3) is 0 Å². The maximum Gasteiger partial charge on any atom is 0.173 e. The predicted octanol–water partition coefficient (Wildman–Crippen LogP) is 4.33. The largest absolute Gasteiger partial charge is 0.508 e. The summed E-state index contributed by atoms with van der Waals surface area (Å²) < 4.78 is 5.79. The van der Waals surface area contributed by atoms with Crippen molar-refractivity contribution in [1.29, 1.82) is 0 Å². The number of hydrogen-bond acceptors (Lipinski definition) is 3. The molecule has 0 spiro atoms. The fourth-order valence-electron chi connectivity index (χ4n) is 3.13. The molecule has 138 valence electrons. The SMILES string of the molecule is CCc1ccc(NC(=S)N(Cc2ccccc2O)CC2CCCO2)cc1. The molecule has 0 amide bonds. The van der Waals surface area contributed by atoms with E-state index in [9.17, 15) is 5.11 Å². The number of ether oxygens (including phenoxy) is 1. The maximum atomic E-state index is 10.1. The number of aryl methyl sites for hydroxylation is 1. The molecule has 2 N–H and O–H groups in total. The second-order valence-corrected chi connectivity index (χ2v) is 7.01. The summed E-state index contributed by atoms with van der Waals surface area (Å²) in [6, 6.07) is 15.7. The van der Waals surface area contributed by atoms with Crippen LogP contribution >= 0.6 is 12.2 Å². The third kappa shape index (κ3) is 4.96. The van der Waals surface area contributed by atoms with Gasteiger partial charge in [-0.25, -0.2) is 0 Å². The monoisotopic (exact) mass is 370 g/mol. The first kappa shape index (κ1) is 18.7. The van der Waals surface area contributed by atoms with E-state index in [1.54, 1.807) is 6.07 Å². The van der Waals surface area contributed by atoms with Crippen molar-refractivity contribution in [2.45, 2.75) is 38.8 Å². The average molecular weight is 371 g/mol. The molecular weight excluding hydrogens is 344 g/mol. The Bertz CT molecular complexity index is 727. The van der Waals surface area contributed by atoms with Gasteiger partial charge in [-0.3, -0.25) is 0 Å². The number of para-hydroxylation sites is 1. The Labute approximate surface area is 160 Å². The summed E-state index contributed by atoms with van der Waals surface area (Å²) in [6.07, 6.45) is 3.34. The molecule has 26 heavy (non-hydrogen) atoms. The molecule has 0 bridgehead atoms. The van der Waals surface area contributed by atoms with Crippen LogP contribution < -0.4 is 5.32 Å². The van der Waals surface area contributed by atoms with Gasteiger partial charge >= 0.3 is 0 Å². The minimum Gasteiger partial charge on any atom is -0.508 e. The van der Waals surface area contributed by atoms with Crippen LogP contribution in [0, 0.1) is 0 Å². The first-order valence-corrected chi connectivity index (χ1v) is 9.60. The van der Waals surface area contributed by atoms with Crippen LogP contribution in [-0.2, 0) is 17.7 Å². The Morgan fingerprint density at radius 1 is 1.23 bits per heavy atom. The van der Waals surface area contributed by atoms with Crippen molar-refractivity contribution in [2.75, 3.05) is 18.5 Å². The molecule has 1 heterocycles. The summed E-state index contributed by atoms with van der Waals surface area (Å²) in [5, 5.41) is 14.1. The number of phenolic OH excluding ortho intramolecular Hbond substituents is 1. The number of rotatable bonds is 6. The fourth-order valence-corrected chi connectivity index (χ4v) is 3.39. The van der Waals surface area contributed by atoms with E-state index in [4.69, 9.17) is 17.0 Å². The van der Waals surface area contributed by atoms with Crippen LogP contribution in [0.4, 0.5) is 5.69 Å². The minimum atomic E-state index is 0.183. The van der Waals surface area contributed by atoms with Gasteiger partial charge in [-0.2, -0.15) is 0 Å². The van der Waals surface area contributed by atoms with E-state index in [1.165, 1.54) is 5.56 Å². The van der Waals surface area contributed by atoms with Gasteiger partial charge in [0.15, 0.2) is 5.11 Å². The molecule has 1 fully saturated rings.